The molecule has 5 N–H and O–H groups in total. The third-order valence-corrected chi connectivity index (χ3v) is 2.39. The van der Waals surface area contributed by atoms with Gasteiger partial charge >= 0.3 is 13.8 Å². The van der Waals surface area contributed by atoms with Crippen molar-refractivity contribution in [3.8, 4) is 5.75 Å². The third-order valence-electron chi connectivity index (χ3n) is 1.93. The third kappa shape index (κ3) is 4.95. The summed E-state index contributed by atoms with van der Waals surface area (Å²) < 4.78 is 27.4. The van der Waals surface area contributed by atoms with E-state index in [0.29, 0.717) is 5.56 Å². The molecule has 6 nitrogen and oxygen atoms in total. The maximum atomic E-state index is 12.5. The Labute approximate surface area is 97.0 Å². The Bertz CT molecular complexity index is 445. The minimum absolute atomic E-state index is 0.00554. The summed E-state index contributed by atoms with van der Waals surface area (Å²) in [7, 11) is -4.56. The van der Waals surface area contributed by atoms with E-state index in [-0.39, 0.29) is 12.2 Å². The number of halogens is 1. The topological polar surface area (TPSA) is 116 Å². The molecule has 1 aromatic rings. The van der Waals surface area contributed by atoms with E-state index < -0.39 is 19.8 Å². The Balaban J connectivity index is 2.68. The number of nitrogens with two attached hydrogens (primary N) is 2. The quantitative estimate of drug-likeness (QED) is 0.683. The van der Waals surface area contributed by atoms with E-state index in [9.17, 15) is 13.6 Å². The first-order valence-corrected chi connectivity index (χ1v) is 6.21. The van der Waals surface area contributed by atoms with Gasteiger partial charge in [0.1, 0.15) is 11.8 Å². The molecule has 0 aliphatic carbocycles. The lowest BCUT2D eigenvalue weighted by Crippen LogP contribution is -2.32. The highest BCUT2D eigenvalue weighted by atomic mass is 31.2. The number of hydrogen-bond acceptors (Lipinski definition) is 4. The van der Waals surface area contributed by atoms with Crippen LogP contribution in [0.3, 0.4) is 0 Å². The Hall–Kier alpha value is -1.43. The SMILES string of the molecule is N[C@@H](Cc1ccc(OP(N)(=O)F)cc1)C(=O)O. The zero-order valence-electron chi connectivity index (χ0n) is 8.75. The van der Waals surface area contributed by atoms with Crippen molar-refractivity contribution in [3.05, 3.63) is 29.8 Å². The van der Waals surface area contributed by atoms with Crippen molar-refractivity contribution in [1.82, 2.24) is 0 Å². The molecule has 0 aliphatic rings. The fourth-order valence-electron chi connectivity index (χ4n) is 1.17. The van der Waals surface area contributed by atoms with E-state index in [1.807, 2.05) is 0 Å². The number of benzene rings is 1. The summed E-state index contributed by atoms with van der Waals surface area (Å²) in [5.74, 6) is -1.11. The predicted octanol–water partition coefficient (Wildman–Crippen LogP) is 1.06. The molecule has 0 saturated carbocycles. The van der Waals surface area contributed by atoms with E-state index in [4.69, 9.17) is 10.8 Å². The van der Waals surface area contributed by atoms with Crippen LogP contribution in [0.4, 0.5) is 4.20 Å². The van der Waals surface area contributed by atoms with Gasteiger partial charge in [0, 0.05) is 0 Å². The minimum Gasteiger partial charge on any atom is -0.480 e. The first kappa shape index (κ1) is 13.6. The van der Waals surface area contributed by atoms with Gasteiger partial charge in [0.2, 0.25) is 0 Å². The van der Waals surface area contributed by atoms with Gasteiger partial charge in [0.05, 0.1) is 0 Å². The molecular weight excluding hydrogens is 250 g/mol. The lowest BCUT2D eigenvalue weighted by atomic mass is 10.1. The Morgan fingerprint density at radius 3 is 2.41 bits per heavy atom. The van der Waals surface area contributed by atoms with Crippen molar-refractivity contribution in [3.63, 3.8) is 0 Å². The van der Waals surface area contributed by atoms with Crippen LogP contribution < -0.4 is 15.8 Å². The molecule has 2 atom stereocenters. The van der Waals surface area contributed by atoms with Crippen LogP contribution in [-0.2, 0) is 15.8 Å². The van der Waals surface area contributed by atoms with Gasteiger partial charge in [0.15, 0.2) is 0 Å². The van der Waals surface area contributed by atoms with Crippen molar-refractivity contribution in [2.24, 2.45) is 11.2 Å². The maximum absolute atomic E-state index is 12.5. The van der Waals surface area contributed by atoms with Crippen LogP contribution in [0.25, 0.3) is 0 Å². The highest BCUT2D eigenvalue weighted by Gasteiger charge is 2.16. The molecule has 0 heterocycles. The summed E-state index contributed by atoms with van der Waals surface area (Å²) in [5.41, 5.74) is 10.6. The molecule has 0 amide bonds. The fraction of sp³-hybridized carbons (Fsp3) is 0.222. The highest BCUT2D eigenvalue weighted by molar-refractivity contribution is 7.51. The van der Waals surface area contributed by atoms with Gasteiger partial charge in [-0.3, -0.25) is 4.79 Å². The van der Waals surface area contributed by atoms with Gasteiger partial charge in [-0.05, 0) is 24.1 Å². The average molecular weight is 262 g/mol. The van der Waals surface area contributed by atoms with Crippen molar-refractivity contribution in [1.29, 1.82) is 0 Å². The molecule has 0 radical (unpaired) electrons. The van der Waals surface area contributed by atoms with E-state index in [1.165, 1.54) is 24.3 Å². The molecule has 0 bridgehead atoms. The summed E-state index contributed by atoms with van der Waals surface area (Å²) in [6, 6.07) is 4.65. The molecule has 0 aromatic heterocycles. The Morgan fingerprint density at radius 1 is 1.47 bits per heavy atom. The first-order chi connectivity index (χ1) is 7.78. The van der Waals surface area contributed by atoms with Gasteiger partial charge in [-0.2, -0.15) is 0 Å². The van der Waals surface area contributed by atoms with Gasteiger partial charge < -0.3 is 15.4 Å². The predicted molar refractivity (Wildman–Crippen MR) is 59.3 cm³/mol. The number of hydrogen-bond donors (Lipinski definition) is 3. The van der Waals surface area contributed by atoms with Gasteiger partial charge in [-0.15, -0.1) is 4.20 Å². The van der Waals surface area contributed by atoms with Crippen LogP contribution in [0.1, 0.15) is 5.56 Å². The van der Waals surface area contributed by atoms with Crippen LogP contribution in [0.15, 0.2) is 24.3 Å². The number of carbonyl (C=O) groups is 1. The van der Waals surface area contributed by atoms with E-state index >= 15 is 0 Å². The molecule has 0 fully saturated rings. The molecule has 0 spiro atoms. The summed E-state index contributed by atoms with van der Waals surface area (Å²) in [4.78, 5) is 10.5. The number of rotatable bonds is 5. The van der Waals surface area contributed by atoms with Crippen LogP contribution in [-0.4, -0.2) is 17.1 Å². The van der Waals surface area contributed by atoms with E-state index in [2.05, 4.69) is 10.0 Å². The van der Waals surface area contributed by atoms with Crippen LogP contribution in [0.5, 0.6) is 5.75 Å². The minimum atomic E-state index is -4.56. The average Bonchev–Trinajstić information content (AvgIpc) is 2.18. The molecular formula is C9H12FN2O4P. The molecule has 1 rings (SSSR count). The van der Waals surface area contributed by atoms with Crippen LogP contribution >= 0.6 is 7.83 Å². The molecule has 1 aromatic carbocycles. The second-order valence-corrected chi connectivity index (χ2v) is 4.63. The van der Waals surface area contributed by atoms with E-state index in [1.54, 1.807) is 0 Å². The number of aliphatic carboxylic acids is 1. The fourth-order valence-corrected chi connectivity index (χ4v) is 1.58. The Kier molecular flexibility index (Phi) is 4.22. The van der Waals surface area contributed by atoms with Crippen LogP contribution in [0, 0.1) is 0 Å². The largest absolute Gasteiger partial charge is 0.493 e. The number of carboxylic acids is 1. The lowest BCUT2D eigenvalue weighted by Gasteiger charge is -2.08. The zero-order valence-corrected chi connectivity index (χ0v) is 9.64. The van der Waals surface area contributed by atoms with Crippen molar-refractivity contribution in [2.45, 2.75) is 12.5 Å². The summed E-state index contributed by atoms with van der Waals surface area (Å²) in [6.45, 7) is 0. The second-order valence-electron chi connectivity index (χ2n) is 3.41. The first-order valence-electron chi connectivity index (χ1n) is 4.63. The monoisotopic (exact) mass is 262 g/mol. The second kappa shape index (κ2) is 5.27. The van der Waals surface area contributed by atoms with Crippen molar-refractivity contribution >= 4 is 13.8 Å². The zero-order chi connectivity index (χ0) is 13.1. The highest BCUT2D eigenvalue weighted by Crippen LogP contribution is 2.39. The molecule has 1 unspecified atom stereocenters. The standard InChI is InChI=1S/C9H12FN2O4P/c10-17(12,15)16-7-3-1-6(2-4-7)5-8(11)9(13)14/h1-4,8H,5,11H2,(H2,12,15)(H,13,14)/t8-,17?/m0/s1. The Morgan fingerprint density at radius 2 is 2.00 bits per heavy atom. The molecule has 0 saturated heterocycles. The van der Waals surface area contributed by atoms with Gasteiger partial charge in [0.25, 0.3) is 0 Å². The normalized spacial score (nSPS) is 15.9. The molecule has 94 valence electrons. The molecule has 8 heteroatoms. The summed E-state index contributed by atoms with van der Waals surface area (Å²) in [5, 5.41) is 8.60. The van der Waals surface area contributed by atoms with Gasteiger partial charge in [-0.25, -0.2) is 10.1 Å². The van der Waals surface area contributed by atoms with Crippen molar-refractivity contribution in [2.75, 3.05) is 0 Å². The maximum Gasteiger partial charge on any atom is 0.493 e. The van der Waals surface area contributed by atoms with Crippen molar-refractivity contribution < 1.29 is 23.2 Å². The summed E-state index contributed by atoms with van der Waals surface area (Å²) in [6.07, 6.45) is 0.130. The van der Waals surface area contributed by atoms with E-state index in [0.717, 1.165) is 0 Å². The molecule has 17 heavy (non-hydrogen) atoms. The summed E-state index contributed by atoms with van der Waals surface area (Å²) >= 11 is 0. The lowest BCUT2D eigenvalue weighted by molar-refractivity contribution is -0.138. The number of carboxylic acid groups (broad SMARTS) is 1. The van der Waals surface area contributed by atoms with Crippen LogP contribution in [0.2, 0.25) is 0 Å². The van der Waals surface area contributed by atoms with Gasteiger partial charge in [-0.1, -0.05) is 12.1 Å². The molecule has 0 aliphatic heterocycles. The smallest absolute Gasteiger partial charge is 0.480 e.